The van der Waals surface area contributed by atoms with Crippen LogP contribution >= 0.6 is 0 Å². The predicted molar refractivity (Wildman–Crippen MR) is 148 cm³/mol. The normalized spacial score (nSPS) is 16.8. The fourth-order valence-electron chi connectivity index (χ4n) is 4.93. The Hall–Kier alpha value is -4.79. The smallest absolute Gasteiger partial charge is 0.302 e. The van der Waals surface area contributed by atoms with Crippen molar-refractivity contribution in [2.75, 3.05) is 26.2 Å². The number of ketones is 1. The number of methoxy groups -OCH3 is 3. The molecule has 0 saturated carbocycles. The first kappa shape index (κ1) is 25.8. The summed E-state index contributed by atoms with van der Waals surface area (Å²) in [7, 11) is 4.60. The fourth-order valence-corrected chi connectivity index (χ4v) is 4.93. The molecule has 2 heterocycles. The summed E-state index contributed by atoms with van der Waals surface area (Å²) in [5.41, 5.74) is 3.07. The van der Waals surface area contributed by atoms with Gasteiger partial charge in [0, 0.05) is 5.56 Å². The third-order valence-electron chi connectivity index (χ3n) is 6.90. The lowest BCUT2D eigenvalue weighted by atomic mass is 9.93. The zero-order valence-electron chi connectivity index (χ0n) is 22.3. The number of aliphatic hydroxyl groups excluding tert-OH is 1. The molecule has 1 unspecified atom stereocenters. The first-order valence-corrected chi connectivity index (χ1v) is 12.4. The van der Waals surface area contributed by atoms with Gasteiger partial charge >= 0.3 is 5.91 Å². The number of H-pyrrole nitrogens is 1. The molecular weight excluding hydrogens is 498 g/mol. The molecule has 5 rings (SSSR count). The molecule has 4 aromatic rings. The van der Waals surface area contributed by atoms with Crippen molar-refractivity contribution in [2.45, 2.75) is 25.8 Å². The van der Waals surface area contributed by atoms with Crippen molar-refractivity contribution in [3.8, 4) is 17.2 Å². The Balaban J connectivity index is 1.75. The van der Waals surface area contributed by atoms with Gasteiger partial charge in [0.15, 0.2) is 11.5 Å². The molecule has 2 N–H and O–H groups in total. The summed E-state index contributed by atoms with van der Waals surface area (Å²) in [6.45, 7) is 4.01. The first-order chi connectivity index (χ1) is 18.8. The third kappa shape index (κ3) is 4.35. The van der Waals surface area contributed by atoms with Gasteiger partial charge in [-0.3, -0.25) is 14.5 Å². The average molecular weight is 528 g/mol. The molecule has 9 heteroatoms. The van der Waals surface area contributed by atoms with Crippen LogP contribution in [0.3, 0.4) is 0 Å². The maximum atomic E-state index is 13.6. The summed E-state index contributed by atoms with van der Waals surface area (Å²) in [5, 5.41) is 11.6. The Morgan fingerprint density at radius 1 is 0.923 bits per heavy atom. The number of fused-ring (bicyclic) bond motifs is 1. The van der Waals surface area contributed by atoms with Crippen LogP contribution in [-0.4, -0.2) is 48.1 Å². The van der Waals surface area contributed by atoms with Crippen LogP contribution in [0.4, 0.5) is 5.95 Å². The number of para-hydroxylation sites is 2. The lowest BCUT2D eigenvalue weighted by Crippen LogP contribution is -2.30. The van der Waals surface area contributed by atoms with Crippen molar-refractivity contribution in [1.29, 1.82) is 0 Å². The van der Waals surface area contributed by atoms with E-state index >= 15 is 0 Å². The summed E-state index contributed by atoms with van der Waals surface area (Å²) in [5.74, 6) is -0.0860. The number of carbonyl (C=O) groups is 2. The summed E-state index contributed by atoms with van der Waals surface area (Å²) < 4.78 is 16.4. The number of nitrogens with one attached hydrogen (secondary N) is 1. The molecule has 1 aliphatic rings. The molecular formula is C30H29N3O6. The minimum Gasteiger partial charge on any atom is -0.507 e. The monoisotopic (exact) mass is 527 g/mol. The standard InChI is InChI=1S/C30H29N3O6/c1-16(2)19-14-18(11-12-22(19)37-3)27(34)25-26(17-10-13-23(38-4)24(15-17)39-5)33(29(36)28(25)35)30-31-20-8-6-7-9-21(20)32-30/h6-16,26,34H,1-5H3,(H,31,32)/b27-25+. The number of carbonyl (C=O) groups excluding carboxylic acids is 2. The number of aliphatic hydroxyl groups is 1. The molecule has 0 aliphatic carbocycles. The van der Waals surface area contributed by atoms with Crippen molar-refractivity contribution in [2.24, 2.45) is 0 Å². The van der Waals surface area contributed by atoms with E-state index < -0.39 is 17.7 Å². The van der Waals surface area contributed by atoms with Crippen molar-refractivity contribution in [3.05, 3.63) is 82.9 Å². The first-order valence-electron chi connectivity index (χ1n) is 12.4. The van der Waals surface area contributed by atoms with Crippen LogP contribution in [-0.2, 0) is 9.59 Å². The number of nitrogens with zero attached hydrogens (tertiary/aromatic N) is 2. The second-order valence-corrected chi connectivity index (χ2v) is 9.47. The van der Waals surface area contributed by atoms with E-state index in [2.05, 4.69) is 9.97 Å². The Labute approximate surface area is 225 Å². The predicted octanol–water partition coefficient (Wildman–Crippen LogP) is 5.34. The number of Topliss-reactive ketones (excluding diaryl/α,β-unsaturated/α-hetero) is 1. The maximum absolute atomic E-state index is 13.6. The van der Waals surface area contributed by atoms with Crippen LogP contribution in [0.2, 0.25) is 0 Å². The van der Waals surface area contributed by atoms with E-state index in [9.17, 15) is 14.7 Å². The number of anilines is 1. The Morgan fingerprint density at radius 2 is 1.62 bits per heavy atom. The number of benzene rings is 3. The fraction of sp³-hybridized carbons (Fsp3) is 0.233. The van der Waals surface area contributed by atoms with Crippen LogP contribution in [0.15, 0.2) is 66.2 Å². The largest absolute Gasteiger partial charge is 0.507 e. The van der Waals surface area contributed by atoms with Crippen LogP contribution < -0.4 is 19.1 Å². The molecule has 1 atom stereocenters. The lowest BCUT2D eigenvalue weighted by Gasteiger charge is -2.24. The van der Waals surface area contributed by atoms with Crippen LogP contribution in [0, 0.1) is 0 Å². The van der Waals surface area contributed by atoms with Gasteiger partial charge in [-0.05, 0) is 59.5 Å². The minimum absolute atomic E-state index is 0.0625. The molecule has 0 radical (unpaired) electrons. The lowest BCUT2D eigenvalue weighted by molar-refractivity contribution is -0.132. The molecule has 1 fully saturated rings. The van der Waals surface area contributed by atoms with Gasteiger partial charge < -0.3 is 24.3 Å². The number of rotatable bonds is 7. The van der Waals surface area contributed by atoms with Gasteiger partial charge in [0.1, 0.15) is 11.5 Å². The van der Waals surface area contributed by atoms with Gasteiger partial charge in [-0.15, -0.1) is 0 Å². The summed E-state index contributed by atoms with van der Waals surface area (Å²) in [6.07, 6.45) is 0. The highest BCUT2D eigenvalue weighted by molar-refractivity contribution is 6.51. The van der Waals surface area contributed by atoms with Crippen molar-refractivity contribution < 1.29 is 28.9 Å². The maximum Gasteiger partial charge on any atom is 0.302 e. The molecule has 1 aromatic heterocycles. The number of aromatic nitrogens is 2. The molecule has 1 saturated heterocycles. The van der Waals surface area contributed by atoms with Gasteiger partial charge in [0.05, 0.1) is 44.0 Å². The Bertz CT molecular complexity index is 1590. The second kappa shape index (κ2) is 10.2. The van der Waals surface area contributed by atoms with Crippen molar-refractivity contribution in [3.63, 3.8) is 0 Å². The molecule has 200 valence electrons. The SMILES string of the molecule is COc1ccc(C2/C(=C(\O)c3ccc(OC)c(C(C)C)c3)C(=O)C(=O)N2c2nc3ccccc3[nH]2)cc1OC. The Morgan fingerprint density at radius 3 is 2.28 bits per heavy atom. The Kier molecular flexibility index (Phi) is 6.74. The van der Waals surface area contributed by atoms with Gasteiger partial charge in [0.2, 0.25) is 5.95 Å². The highest BCUT2D eigenvalue weighted by Gasteiger charge is 2.48. The van der Waals surface area contributed by atoms with E-state index in [1.54, 1.807) is 43.5 Å². The van der Waals surface area contributed by atoms with E-state index in [4.69, 9.17) is 14.2 Å². The van der Waals surface area contributed by atoms with Gasteiger partial charge in [-0.2, -0.15) is 0 Å². The molecule has 1 amide bonds. The van der Waals surface area contributed by atoms with Gasteiger partial charge in [-0.25, -0.2) is 4.98 Å². The van der Waals surface area contributed by atoms with E-state index in [-0.39, 0.29) is 23.2 Å². The quantitative estimate of drug-likeness (QED) is 0.189. The zero-order valence-corrected chi connectivity index (χ0v) is 22.3. The third-order valence-corrected chi connectivity index (χ3v) is 6.90. The van der Waals surface area contributed by atoms with Crippen LogP contribution in [0.5, 0.6) is 17.2 Å². The van der Waals surface area contributed by atoms with Crippen molar-refractivity contribution in [1.82, 2.24) is 9.97 Å². The van der Waals surface area contributed by atoms with E-state index in [0.717, 1.165) is 5.56 Å². The van der Waals surface area contributed by atoms with Gasteiger partial charge in [0.25, 0.3) is 5.78 Å². The molecule has 0 bridgehead atoms. The van der Waals surface area contributed by atoms with E-state index in [0.29, 0.717) is 39.4 Å². The topological polar surface area (TPSA) is 114 Å². The second-order valence-electron chi connectivity index (χ2n) is 9.47. The zero-order chi connectivity index (χ0) is 27.8. The number of ether oxygens (including phenoxy) is 3. The molecule has 3 aromatic carbocycles. The molecule has 9 nitrogen and oxygen atoms in total. The molecule has 1 aliphatic heterocycles. The number of hydrogen-bond acceptors (Lipinski definition) is 7. The van der Waals surface area contributed by atoms with Gasteiger partial charge in [-0.1, -0.05) is 32.0 Å². The molecule has 0 spiro atoms. The van der Waals surface area contributed by atoms with Crippen LogP contribution in [0.25, 0.3) is 16.8 Å². The number of amides is 1. The number of hydrogen-bond donors (Lipinski definition) is 2. The van der Waals surface area contributed by atoms with Crippen LogP contribution in [0.1, 0.15) is 42.5 Å². The minimum atomic E-state index is -0.991. The molecule has 39 heavy (non-hydrogen) atoms. The summed E-state index contributed by atoms with van der Waals surface area (Å²) in [6, 6.07) is 16.6. The van der Waals surface area contributed by atoms with Crippen molar-refractivity contribution >= 4 is 34.4 Å². The summed E-state index contributed by atoms with van der Waals surface area (Å²) >= 11 is 0. The number of imidazole rings is 1. The average Bonchev–Trinajstić information content (AvgIpc) is 3.49. The highest BCUT2D eigenvalue weighted by Crippen LogP contribution is 2.44. The number of aromatic amines is 1. The van der Waals surface area contributed by atoms with E-state index in [1.165, 1.54) is 19.1 Å². The summed E-state index contributed by atoms with van der Waals surface area (Å²) in [4.78, 5) is 36.2. The van der Waals surface area contributed by atoms with E-state index in [1.807, 2.05) is 38.1 Å². The highest BCUT2D eigenvalue weighted by atomic mass is 16.5.